The molecule has 1 heterocycles. The zero-order valence-electron chi connectivity index (χ0n) is 14.1. The highest BCUT2D eigenvalue weighted by Gasteiger charge is 2.20. The normalized spacial score (nSPS) is 10.6. The summed E-state index contributed by atoms with van der Waals surface area (Å²) >= 11 is 0. The first kappa shape index (κ1) is 18.3. The van der Waals surface area contributed by atoms with Crippen molar-refractivity contribution >= 4 is 17.6 Å². The number of carbonyl (C=O) groups excluding carboxylic acids is 2. The Kier molecular flexibility index (Phi) is 5.63. The van der Waals surface area contributed by atoms with Crippen LogP contribution >= 0.6 is 0 Å². The third kappa shape index (κ3) is 4.28. The summed E-state index contributed by atoms with van der Waals surface area (Å²) < 4.78 is 18.9. The maximum absolute atomic E-state index is 13.1. The molecule has 0 saturated heterocycles. The molecule has 1 aromatic carbocycles. The van der Waals surface area contributed by atoms with Crippen LogP contribution < -0.4 is 10.9 Å². The molecule has 25 heavy (non-hydrogen) atoms. The van der Waals surface area contributed by atoms with Gasteiger partial charge in [0, 0.05) is 12.0 Å². The van der Waals surface area contributed by atoms with Crippen LogP contribution in [-0.4, -0.2) is 28.3 Å². The van der Waals surface area contributed by atoms with Crippen molar-refractivity contribution in [1.29, 1.82) is 0 Å². The number of aromatic nitrogens is 2. The van der Waals surface area contributed by atoms with Crippen molar-refractivity contribution in [3.05, 3.63) is 52.2 Å². The highest BCUT2D eigenvalue weighted by molar-refractivity contribution is 6.00. The third-order valence-electron chi connectivity index (χ3n) is 3.25. The molecule has 0 unspecified atom stereocenters. The Labute approximate surface area is 143 Å². The summed E-state index contributed by atoms with van der Waals surface area (Å²) in [6.45, 7) is 5.08. The number of nitrogens with one attached hydrogen (secondary N) is 1. The third-order valence-corrected chi connectivity index (χ3v) is 3.25. The molecule has 0 radical (unpaired) electrons. The van der Waals surface area contributed by atoms with Gasteiger partial charge in [0.2, 0.25) is 5.91 Å². The molecule has 0 bridgehead atoms. The van der Waals surface area contributed by atoms with Crippen molar-refractivity contribution in [1.82, 2.24) is 9.78 Å². The number of amides is 1. The fourth-order valence-electron chi connectivity index (χ4n) is 1.95. The lowest BCUT2D eigenvalue weighted by atomic mass is 10.2. The van der Waals surface area contributed by atoms with Crippen molar-refractivity contribution in [2.75, 3.05) is 11.9 Å². The van der Waals surface area contributed by atoms with Crippen molar-refractivity contribution in [2.45, 2.75) is 20.8 Å². The fourth-order valence-corrected chi connectivity index (χ4v) is 1.95. The molecule has 0 saturated carbocycles. The number of hydrogen-bond donors (Lipinski definition) is 1. The van der Waals surface area contributed by atoms with E-state index < -0.39 is 17.3 Å². The Morgan fingerprint density at radius 2 is 1.92 bits per heavy atom. The van der Waals surface area contributed by atoms with Crippen LogP contribution in [-0.2, 0) is 9.53 Å². The van der Waals surface area contributed by atoms with E-state index in [9.17, 15) is 18.8 Å². The zero-order valence-corrected chi connectivity index (χ0v) is 14.1. The molecule has 7 nitrogen and oxygen atoms in total. The van der Waals surface area contributed by atoms with Gasteiger partial charge in [-0.2, -0.15) is 9.78 Å². The maximum Gasteiger partial charge on any atom is 0.360 e. The van der Waals surface area contributed by atoms with Crippen LogP contribution in [0.25, 0.3) is 5.69 Å². The minimum atomic E-state index is -0.780. The highest BCUT2D eigenvalue weighted by Crippen LogP contribution is 2.15. The quantitative estimate of drug-likeness (QED) is 0.837. The first-order chi connectivity index (χ1) is 11.8. The summed E-state index contributed by atoms with van der Waals surface area (Å²) in [6.07, 6.45) is 0. The van der Waals surface area contributed by atoms with Gasteiger partial charge in [-0.05, 0) is 31.2 Å². The number of nitrogens with zero attached hydrogens (tertiary/aromatic N) is 2. The summed E-state index contributed by atoms with van der Waals surface area (Å²) in [5.41, 5.74) is -0.544. The molecule has 0 aliphatic rings. The molecular weight excluding hydrogens is 329 g/mol. The van der Waals surface area contributed by atoms with Gasteiger partial charge in [-0.1, -0.05) is 13.8 Å². The van der Waals surface area contributed by atoms with Crippen LogP contribution in [0.15, 0.2) is 35.1 Å². The second-order valence-electron chi connectivity index (χ2n) is 5.50. The summed E-state index contributed by atoms with van der Waals surface area (Å²) in [6, 6.07) is 6.13. The smallest absolute Gasteiger partial charge is 0.360 e. The molecule has 0 aliphatic carbocycles. The molecular formula is C17H18FN3O4. The van der Waals surface area contributed by atoms with Crippen LogP contribution in [0.4, 0.5) is 10.1 Å². The van der Waals surface area contributed by atoms with Gasteiger partial charge in [0.25, 0.3) is 5.56 Å². The number of carbonyl (C=O) groups is 2. The van der Waals surface area contributed by atoms with Crippen LogP contribution in [0.1, 0.15) is 31.3 Å². The molecule has 2 aromatic rings. The Morgan fingerprint density at radius 3 is 2.48 bits per heavy atom. The van der Waals surface area contributed by atoms with E-state index in [-0.39, 0.29) is 35.5 Å². The Morgan fingerprint density at radius 1 is 1.28 bits per heavy atom. The molecule has 0 atom stereocenters. The van der Waals surface area contributed by atoms with E-state index in [0.717, 1.165) is 10.7 Å². The van der Waals surface area contributed by atoms with Gasteiger partial charge in [-0.25, -0.2) is 9.18 Å². The van der Waals surface area contributed by atoms with Crippen LogP contribution in [0.5, 0.6) is 0 Å². The Balaban J connectivity index is 2.55. The van der Waals surface area contributed by atoms with Crippen LogP contribution in [0, 0.1) is 11.7 Å². The largest absolute Gasteiger partial charge is 0.461 e. The lowest BCUT2D eigenvalue weighted by molar-refractivity contribution is -0.118. The van der Waals surface area contributed by atoms with Crippen molar-refractivity contribution < 1.29 is 18.7 Å². The maximum atomic E-state index is 13.1. The molecule has 0 fully saturated rings. The molecule has 8 heteroatoms. The lowest BCUT2D eigenvalue weighted by Crippen LogP contribution is -2.28. The number of anilines is 1. The number of rotatable bonds is 5. The predicted molar refractivity (Wildman–Crippen MR) is 89.2 cm³/mol. The number of halogens is 1. The molecule has 132 valence electrons. The Hall–Kier alpha value is -3.03. The van der Waals surface area contributed by atoms with E-state index in [1.54, 1.807) is 20.8 Å². The molecule has 0 spiro atoms. The minimum Gasteiger partial charge on any atom is -0.461 e. The highest BCUT2D eigenvalue weighted by atomic mass is 19.1. The van der Waals surface area contributed by atoms with E-state index in [1.807, 2.05) is 0 Å². The monoisotopic (exact) mass is 347 g/mol. The molecule has 1 N–H and O–H groups in total. The summed E-state index contributed by atoms with van der Waals surface area (Å²) in [5, 5.41) is 6.50. The molecule has 2 rings (SSSR count). The molecule has 1 aromatic heterocycles. The lowest BCUT2D eigenvalue weighted by Gasteiger charge is -2.13. The topological polar surface area (TPSA) is 90.3 Å². The van der Waals surface area contributed by atoms with Gasteiger partial charge < -0.3 is 10.1 Å². The standard InChI is InChI=1S/C17H18FN3O4/c1-4-25-17(24)15-13(19-16(23)10(2)3)9-14(22)21(20-15)12-7-5-11(18)6-8-12/h5-10H,4H2,1-3H3,(H,19,23). The molecule has 0 aliphatic heterocycles. The van der Waals surface area contributed by atoms with E-state index in [2.05, 4.69) is 10.4 Å². The zero-order chi connectivity index (χ0) is 18.6. The second-order valence-corrected chi connectivity index (χ2v) is 5.50. The summed E-state index contributed by atoms with van der Waals surface area (Å²) in [5.74, 6) is -1.97. The van der Waals surface area contributed by atoms with E-state index in [4.69, 9.17) is 4.74 Å². The fraction of sp³-hybridized carbons (Fsp3) is 0.294. The SMILES string of the molecule is CCOC(=O)c1nn(-c2ccc(F)cc2)c(=O)cc1NC(=O)C(C)C. The number of esters is 1. The van der Waals surface area contributed by atoms with Crippen molar-refractivity contribution in [3.8, 4) is 5.69 Å². The van der Waals surface area contributed by atoms with Gasteiger partial charge in [-0.3, -0.25) is 9.59 Å². The first-order valence-electron chi connectivity index (χ1n) is 7.71. The summed E-state index contributed by atoms with van der Waals surface area (Å²) in [4.78, 5) is 36.4. The second kappa shape index (κ2) is 7.69. The Bertz CT molecular complexity index is 844. The summed E-state index contributed by atoms with van der Waals surface area (Å²) in [7, 11) is 0. The minimum absolute atomic E-state index is 0.0273. The van der Waals surface area contributed by atoms with Gasteiger partial charge >= 0.3 is 5.97 Å². The van der Waals surface area contributed by atoms with E-state index in [0.29, 0.717) is 0 Å². The van der Waals surface area contributed by atoms with E-state index in [1.165, 1.54) is 24.3 Å². The first-order valence-corrected chi connectivity index (χ1v) is 7.71. The predicted octanol–water partition coefficient (Wildman–Crippen LogP) is 2.14. The van der Waals surface area contributed by atoms with Crippen LogP contribution in [0.3, 0.4) is 0 Å². The van der Waals surface area contributed by atoms with Crippen molar-refractivity contribution in [3.63, 3.8) is 0 Å². The van der Waals surface area contributed by atoms with Gasteiger partial charge in [0.15, 0.2) is 5.69 Å². The number of benzene rings is 1. The number of ether oxygens (including phenoxy) is 1. The average molecular weight is 347 g/mol. The van der Waals surface area contributed by atoms with Crippen LogP contribution in [0.2, 0.25) is 0 Å². The molecule has 1 amide bonds. The number of hydrogen-bond acceptors (Lipinski definition) is 5. The van der Waals surface area contributed by atoms with Gasteiger partial charge in [0.05, 0.1) is 18.0 Å². The van der Waals surface area contributed by atoms with E-state index >= 15 is 0 Å². The van der Waals surface area contributed by atoms with Gasteiger partial charge in [-0.15, -0.1) is 0 Å². The van der Waals surface area contributed by atoms with Crippen molar-refractivity contribution in [2.24, 2.45) is 5.92 Å². The van der Waals surface area contributed by atoms with Gasteiger partial charge in [0.1, 0.15) is 5.82 Å². The average Bonchev–Trinajstić information content (AvgIpc) is 2.56.